The minimum atomic E-state index is -1.32. The summed E-state index contributed by atoms with van der Waals surface area (Å²) in [5, 5.41) is 24.6. The van der Waals surface area contributed by atoms with Crippen LogP contribution in [-0.2, 0) is 9.59 Å². The first-order valence-electron chi connectivity index (χ1n) is 11.2. The molecule has 1 aliphatic heterocycles. The summed E-state index contributed by atoms with van der Waals surface area (Å²) < 4.78 is 0. The molecule has 3 amide bonds. The molecule has 9 nitrogen and oxygen atoms in total. The van der Waals surface area contributed by atoms with Crippen LogP contribution in [0.15, 0.2) is 29.8 Å². The molecule has 0 saturated carbocycles. The van der Waals surface area contributed by atoms with Gasteiger partial charge in [0.2, 0.25) is 11.8 Å². The van der Waals surface area contributed by atoms with Crippen LogP contribution in [0, 0.1) is 12.3 Å². The second-order valence-electron chi connectivity index (χ2n) is 9.76. The molecule has 1 aliphatic rings. The molecule has 3 rings (SSSR count). The number of aliphatic hydroxyl groups excluding tert-OH is 1. The van der Waals surface area contributed by atoms with E-state index in [4.69, 9.17) is 0 Å². The van der Waals surface area contributed by atoms with Gasteiger partial charge in [-0.3, -0.25) is 9.59 Å². The Kier molecular flexibility index (Phi) is 7.62. The lowest BCUT2D eigenvalue weighted by Gasteiger charge is -2.34. The Morgan fingerprint density at radius 1 is 1.18 bits per heavy atom. The van der Waals surface area contributed by atoms with Gasteiger partial charge in [0.25, 0.3) is 0 Å². The molecule has 4 atom stereocenters. The highest BCUT2D eigenvalue weighted by Crippen LogP contribution is 2.29. The van der Waals surface area contributed by atoms with Gasteiger partial charge in [0, 0.05) is 13.0 Å². The molecule has 2 unspecified atom stereocenters. The summed E-state index contributed by atoms with van der Waals surface area (Å²) in [6.07, 6.45) is -2.08. The Morgan fingerprint density at radius 2 is 1.82 bits per heavy atom. The second kappa shape index (κ2) is 10.1. The number of carbonyl (C=O) groups is 3. The van der Waals surface area contributed by atoms with Gasteiger partial charge in [-0.2, -0.15) is 0 Å². The molecule has 1 fully saturated rings. The van der Waals surface area contributed by atoms with Crippen LogP contribution in [0.4, 0.5) is 4.79 Å². The first-order chi connectivity index (χ1) is 15.9. The van der Waals surface area contributed by atoms with Crippen LogP contribution in [0.25, 0.3) is 10.4 Å². The van der Waals surface area contributed by atoms with Crippen LogP contribution in [0.5, 0.6) is 0 Å². The minimum Gasteiger partial charge on any atom is -0.465 e. The molecule has 34 heavy (non-hydrogen) atoms. The molecular formula is C24H32N4O5S. The molecule has 0 aliphatic carbocycles. The number of amides is 3. The van der Waals surface area contributed by atoms with Crippen LogP contribution in [0.2, 0.25) is 0 Å². The average molecular weight is 489 g/mol. The molecule has 1 aromatic carbocycles. The topological polar surface area (TPSA) is 132 Å². The van der Waals surface area contributed by atoms with Crippen molar-refractivity contribution >= 4 is 29.2 Å². The number of aryl methyl sites for hydroxylation is 1. The summed E-state index contributed by atoms with van der Waals surface area (Å²) in [6.45, 7) is 9.02. The average Bonchev–Trinajstić information content (AvgIpc) is 3.36. The molecule has 184 valence electrons. The van der Waals surface area contributed by atoms with Gasteiger partial charge in [0.05, 0.1) is 28.2 Å². The molecule has 2 heterocycles. The van der Waals surface area contributed by atoms with Crippen molar-refractivity contribution in [3.8, 4) is 10.4 Å². The number of benzene rings is 1. The number of aromatic nitrogens is 1. The van der Waals surface area contributed by atoms with E-state index in [-0.39, 0.29) is 24.9 Å². The first kappa shape index (κ1) is 25.6. The van der Waals surface area contributed by atoms with Crippen molar-refractivity contribution in [2.24, 2.45) is 5.41 Å². The lowest BCUT2D eigenvalue weighted by atomic mass is 9.85. The maximum Gasteiger partial charge on any atom is 0.405 e. The smallest absolute Gasteiger partial charge is 0.405 e. The van der Waals surface area contributed by atoms with E-state index in [0.717, 1.165) is 21.7 Å². The Balaban J connectivity index is 1.72. The lowest BCUT2D eigenvalue weighted by Crippen LogP contribution is -2.57. The van der Waals surface area contributed by atoms with Gasteiger partial charge in [0.15, 0.2) is 0 Å². The van der Waals surface area contributed by atoms with Gasteiger partial charge >= 0.3 is 6.09 Å². The number of carboxylic acid groups (broad SMARTS) is 1. The summed E-state index contributed by atoms with van der Waals surface area (Å²) >= 11 is 1.57. The molecule has 0 spiro atoms. The largest absolute Gasteiger partial charge is 0.465 e. The predicted octanol–water partition coefficient (Wildman–Crippen LogP) is 2.94. The van der Waals surface area contributed by atoms with E-state index in [0.29, 0.717) is 0 Å². The van der Waals surface area contributed by atoms with E-state index in [1.807, 2.05) is 38.1 Å². The molecule has 4 N–H and O–H groups in total. The summed E-state index contributed by atoms with van der Waals surface area (Å²) in [5.41, 5.74) is 4.01. The highest BCUT2D eigenvalue weighted by molar-refractivity contribution is 7.13. The maximum absolute atomic E-state index is 13.2. The molecule has 0 bridgehead atoms. The monoisotopic (exact) mass is 488 g/mol. The van der Waals surface area contributed by atoms with E-state index >= 15 is 0 Å². The third-order valence-corrected chi connectivity index (χ3v) is 7.00. The number of aliphatic hydroxyl groups is 1. The number of nitrogens with one attached hydrogen (secondary N) is 2. The van der Waals surface area contributed by atoms with Gasteiger partial charge in [-0.25, -0.2) is 9.78 Å². The zero-order valence-electron chi connectivity index (χ0n) is 20.0. The van der Waals surface area contributed by atoms with Gasteiger partial charge in [-0.1, -0.05) is 45.0 Å². The van der Waals surface area contributed by atoms with Crippen molar-refractivity contribution in [2.75, 3.05) is 6.54 Å². The lowest BCUT2D eigenvalue weighted by molar-refractivity contribution is -0.142. The van der Waals surface area contributed by atoms with Gasteiger partial charge in [0.1, 0.15) is 12.1 Å². The van der Waals surface area contributed by atoms with Crippen LogP contribution in [0.1, 0.15) is 51.4 Å². The third kappa shape index (κ3) is 5.74. The van der Waals surface area contributed by atoms with Gasteiger partial charge in [-0.15, -0.1) is 11.3 Å². The number of β-amino-alcohol motifs (C(OH)–C–C–N with tert-alkyl or cyclic N) is 1. The Bertz CT molecular complexity index is 1050. The maximum atomic E-state index is 13.2. The first-order valence-corrected chi connectivity index (χ1v) is 12.0. The number of carbonyl (C=O) groups excluding carboxylic acids is 2. The highest BCUT2D eigenvalue weighted by atomic mass is 32.1. The summed E-state index contributed by atoms with van der Waals surface area (Å²) in [6, 6.07) is 5.60. The molecule has 1 saturated heterocycles. The van der Waals surface area contributed by atoms with Crippen LogP contribution < -0.4 is 10.6 Å². The van der Waals surface area contributed by atoms with E-state index in [9.17, 15) is 24.6 Å². The van der Waals surface area contributed by atoms with Crippen molar-refractivity contribution in [1.82, 2.24) is 20.5 Å². The highest BCUT2D eigenvalue weighted by Gasteiger charge is 2.44. The number of hydrogen-bond acceptors (Lipinski definition) is 6. The number of likely N-dealkylation sites (tertiary alicyclic amines) is 1. The van der Waals surface area contributed by atoms with Crippen LogP contribution in [-0.4, -0.2) is 62.7 Å². The van der Waals surface area contributed by atoms with Crippen molar-refractivity contribution in [1.29, 1.82) is 0 Å². The standard InChI is InChI=1S/C24H32N4O5S/c1-13(15-6-8-16(9-7-15)19-14(2)25-12-34-19)26-21(30)18-10-17(29)11-28(18)22(31)20(24(3,4)5)27-23(32)33/h6-9,12-13,17-18,20,27,29H,10-11H2,1-5H3,(H,26,30)(H,32,33)/t13?,17-,18-,20?/m0/s1. The third-order valence-electron chi connectivity index (χ3n) is 6.02. The number of rotatable bonds is 6. The van der Waals surface area contributed by atoms with E-state index in [1.165, 1.54) is 4.90 Å². The summed E-state index contributed by atoms with van der Waals surface area (Å²) in [7, 11) is 0. The number of hydrogen-bond donors (Lipinski definition) is 4. The predicted molar refractivity (Wildman–Crippen MR) is 129 cm³/mol. The Hall–Kier alpha value is -2.98. The molecular weight excluding hydrogens is 456 g/mol. The van der Waals surface area contributed by atoms with Crippen LogP contribution in [0.3, 0.4) is 0 Å². The SMILES string of the molecule is Cc1ncsc1-c1ccc(C(C)NC(=O)[C@@H]2C[C@H](O)CN2C(=O)C(NC(=O)O)C(C)(C)C)cc1. The van der Waals surface area contributed by atoms with E-state index in [2.05, 4.69) is 15.6 Å². The molecule has 0 radical (unpaired) electrons. The van der Waals surface area contributed by atoms with Gasteiger partial charge < -0.3 is 25.7 Å². The van der Waals surface area contributed by atoms with Crippen molar-refractivity contribution < 1.29 is 24.6 Å². The zero-order chi connectivity index (χ0) is 25.2. The molecule has 10 heteroatoms. The minimum absolute atomic E-state index is 0.0257. The van der Waals surface area contributed by atoms with Crippen LogP contribution >= 0.6 is 11.3 Å². The normalized spacial score (nSPS) is 20.0. The molecule has 2 aromatic rings. The fraction of sp³-hybridized carbons (Fsp3) is 0.500. The van der Waals surface area contributed by atoms with E-state index in [1.54, 1.807) is 37.6 Å². The van der Waals surface area contributed by atoms with Crippen molar-refractivity contribution in [3.63, 3.8) is 0 Å². The zero-order valence-corrected chi connectivity index (χ0v) is 20.8. The summed E-state index contributed by atoms with van der Waals surface area (Å²) in [4.78, 5) is 44.3. The number of thiazole rings is 1. The fourth-order valence-corrected chi connectivity index (χ4v) is 4.95. The van der Waals surface area contributed by atoms with E-state index < -0.39 is 35.6 Å². The second-order valence-corrected chi connectivity index (χ2v) is 10.6. The van der Waals surface area contributed by atoms with Crippen molar-refractivity contribution in [3.05, 3.63) is 41.0 Å². The molecule has 1 aromatic heterocycles. The van der Waals surface area contributed by atoms with Gasteiger partial charge in [-0.05, 0) is 30.4 Å². The summed E-state index contributed by atoms with van der Waals surface area (Å²) in [5.74, 6) is -0.911. The van der Waals surface area contributed by atoms with Crippen molar-refractivity contribution in [2.45, 2.75) is 65.3 Å². The Morgan fingerprint density at radius 3 is 2.35 bits per heavy atom. The number of nitrogens with zero attached hydrogens (tertiary/aromatic N) is 2. The fourth-order valence-electron chi connectivity index (χ4n) is 4.14. The quantitative estimate of drug-likeness (QED) is 0.494. The Labute approximate surface area is 203 Å².